The molecule has 276 valence electrons. The lowest BCUT2D eigenvalue weighted by Crippen LogP contribution is -2.61. The van der Waals surface area contributed by atoms with Gasteiger partial charge < -0.3 is 46.8 Å². The highest BCUT2D eigenvalue weighted by Gasteiger charge is 2.41. The van der Waals surface area contributed by atoms with E-state index in [0.29, 0.717) is 19.3 Å². The third-order valence-corrected chi connectivity index (χ3v) is 8.14. The number of nitrogens with one attached hydrogen (secondary N) is 5. The van der Waals surface area contributed by atoms with E-state index in [1.807, 2.05) is 0 Å². The number of carboxylic acid groups (broad SMARTS) is 3. The lowest BCUT2D eigenvalue weighted by molar-refractivity contribution is -0.146. The molecule has 0 bridgehead atoms. The van der Waals surface area contributed by atoms with Gasteiger partial charge in [0.05, 0.1) is 12.8 Å². The molecule has 0 aromatic rings. The van der Waals surface area contributed by atoms with Crippen molar-refractivity contribution in [3.8, 4) is 0 Å². The molecule has 1 unspecified atom stereocenters. The third-order valence-electron chi connectivity index (χ3n) is 8.14. The normalized spacial score (nSPS) is 17.8. The first-order valence-corrected chi connectivity index (χ1v) is 16.3. The zero-order valence-corrected chi connectivity index (χ0v) is 28.7. The minimum atomic E-state index is -1.77. The van der Waals surface area contributed by atoms with E-state index in [1.54, 1.807) is 34.6 Å². The molecule has 1 aliphatic heterocycles. The average Bonchev–Trinajstić information content (AvgIpc) is 3.50. The molecule has 8 N–H and O–H groups in total. The molecular weight excluding hydrogens is 648 g/mol. The summed E-state index contributed by atoms with van der Waals surface area (Å²) < 4.78 is 0. The van der Waals surface area contributed by atoms with Gasteiger partial charge in [-0.05, 0) is 31.1 Å². The Hall–Kier alpha value is -4.77. The molecule has 0 radical (unpaired) electrons. The monoisotopic (exact) mass is 698 g/mol. The summed E-state index contributed by atoms with van der Waals surface area (Å²) in [7, 11) is 0. The van der Waals surface area contributed by atoms with Crippen LogP contribution in [0.15, 0.2) is 0 Å². The smallest absolute Gasteiger partial charge is 0.326 e. The summed E-state index contributed by atoms with van der Waals surface area (Å²) in [4.78, 5) is 114. The molecular formula is C31H50N6O12. The van der Waals surface area contributed by atoms with Crippen LogP contribution in [-0.2, 0) is 43.2 Å². The van der Waals surface area contributed by atoms with Crippen LogP contribution in [0.25, 0.3) is 0 Å². The average molecular weight is 699 g/mol. The summed E-state index contributed by atoms with van der Waals surface area (Å²) in [5, 5.41) is 39.8. The van der Waals surface area contributed by atoms with Crippen LogP contribution >= 0.6 is 0 Å². The highest BCUT2D eigenvalue weighted by Crippen LogP contribution is 2.21. The first-order valence-electron chi connectivity index (χ1n) is 16.3. The van der Waals surface area contributed by atoms with Gasteiger partial charge in [0, 0.05) is 13.5 Å². The van der Waals surface area contributed by atoms with E-state index >= 15 is 0 Å². The molecule has 49 heavy (non-hydrogen) atoms. The number of likely N-dealkylation sites (tertiary alicyclic amines) is 1. The predicted molar refractivity (Wildman–Crippen MR) is 171 cm³/mol. The zero-order valence-electron chi connectivity index (χ0n) is 28.7. The van der Waals surface area contributed by atoms with Crippen molar-refractivity contribution in [2.75, 3.05) is 6.54 Å². The molecule has 0 spiro atoms. The standard InChI is InChI=1S/C31H50N6O12/c1-7-10-18(31(48)49)33-28(45)21-11-9-12-37(21)30(47)24(15(3)4)35-29(46)25(16(5)8-2)36-27(44)20(14-23(41)42)34-26(43)19(13-22(39)40)32-17(6)38/h15-16,18-21,24-25H,7-14H2,1-6H3,(H,32,38)(H,33,45)(H,34,43)(H,35,46)(H,36,44)(H,39,40)(H,41,42)(H,48,49)/t16?,18-,19-,20-,21-,24-,25-/m0/s1. The van der Waals surface area contributed by atoms with Gasteiger partial charge >= 0.3 is 17.9 Å². The number of aliphatic carboxylic acids is 3. The second-order valence-electron chi connectivity index (χ2n) is 12.5. The molecule has 1 saturated heterocycles. The molecule has 0 saturated carbocycles. The van der Waals surface area contributed by atoms with Crippen molar-refractivity contribution in [3.63, 3.8) is 0 Å². The number of amides is 6. The summed E-state index contributed by atoms with van der Waals surface area (Å²) in [6.07, 6.45) is -0.00481. The predicted octanol–water partition coefficient (Wildman–Crippen LogP) is -1.04. The van der Waals surface area contributed by atoms with Crippen LogP contribution in [0, 0.1) is 11.8 Å². The van der Waals surface area contributed by atoms with Crippen molar-refractivity contribution in [3.05, 3.63) is 0 Å². The van der Waals surface area contributed by atoms with E-state index in [-0.39, 0.29) is 19.4 Å². The number of rotatable bonds is 20. The van der Waals surface area contributed by atoms with E-state index in [2.05, 4.69) is 26.6 Å². The highest BCUT2D eigenvalue weighted by atomic mass is 16.4. The van der Waals surface area contributed by atoms with Crippen molar-refractivity contribution in [1.29, 1.82) is 0 Å². The number of carbonyl (C=O) groups is 9. The van der Waals surface area contributed by atoms with Crippen molar-refractivity contribution in [2.45, 2.75) is 123 Å². The number of carbonyl (C=O) groups excluding carboxylic acids is 6. The number of hydrogen-bond donors (Lipinski definition) is 8. The van der Waals surface area contributed by atoms with Gasteiger partial charge in [-0.1, -0.05) is 47.5 Å². The van der Waals surface area contributed by atoms with E-state index in [0.717, 1.165) is 6.92 Å². The number of carboxylic acids is 3. The Bertz CT molecular complexity index is 1240. The molecule has 1 fully saturated rings. The van der Waals surface area contributed by atoms with E-state index in [9.17, 15) is 53.4 Å². The van der Waals surface area contributed by atoms with Crippen LogP contribution in [0.4, 0.5) is 0 Å². The Kier molecular flexibility index (Phi) is 17.2. The van der Waals surface area contributed by atoms with Crippen LogP contribution in [0.3, 0.4) is 0 Å². The fraction of sp³-hybridized carbons (Fsp3) is 0.710. The third kappa shape index (κ3) is 13.3. The summed E-state index contributed by atoms with van der Waals surface area (Å²) in [5.74, 6) is -10.2. The number of hydrogen-bond acceptors (Lipinski definition) is 9. The van der Waals surface area contributed by atoms with E-state index < -0.39 is 114 Å². The first kappa shape index (κ1) is 42.3. The molecule has 1 heterocycles. The second kappa shape index (κ2) is 19.9. The largest absolute Gasteiger partial charge is 0.481 e. The van der Waals surface area contributed by atoms with Crippen LogP contribution in [-0.4, -0.2) is 116 Å². The van der Waals surface area contributed by atoms with Crippen molar-refractivity contribution >= 4 is 53.4 Å². The Labute approximate surface area is 284 Å². The second-order valence-corrected chi connectivity index (χ2v) is 12.5. The molecule has 0 aromatic carbocycles. The number of nitrogens with zero attached hydrogens (tertiary/aromatic N) is 1. The Balaban J connectivity index is 3.23. The lowest BCUT2D eigenvalue weighted by atomic mass is 9.95. The molecule has 7 atom stereocenters. The molecule has 18 heteroatoms. The van der Waals surface area contributed by atoms with Gasteiger partial charge in [0.15, 0.2) is 0 Å². The van der Waals surface area contributed by atoms with Gasteiger partial charge in [0.2, 0.25) is 35.4 Å². The molecule has 6 amide bonds. The van der Waals surface area contributed by atoms with Crippen LogP contribution in [0.5, 0.6) is 0 Å². The SMILES string of the molecule is CCC[C@H](NC(=O)[C@@H]1CCCN1C(=O)[C@@H](NC(=O)[C@@H](NC(=O)[C@H](CC(=O)O)NC(=O)[C@H](CC(=O)O)NC(C)=O)C(C)CC)C(C)C)C(=O)O. The fourth-order valence-electron chi connectivity index (χ4n) is 5.29. The van der Waals surface area contributed by atoms with Crippen molar-refractivity contribution < 1.29 is 58.5 Å². The highest BCUT2D eigenvalue weighted by molar-refractivity contribution is 5.98. The van der Waals surface area contributed by atoms with Gasteiger partial charge in [-0.2, -0.15) is 0 Å². The molecule has 0 aliphatic carbocycles. The van der Waals surface area contributed by atoms with E-state index in [4.69, 9.17) is 5.11 Å². The van der Waals surface area contributed by atoms with Gasteiger partial charge in [-0.25, -0.2) is 4.79 Å². The lowest BCUT2D eigenvalue weighted by Gasteiger charge is -2.33. The van der Waals surface area contributed by atoms with Crippen LogP contribution in [0.1, 0.15) is 86.5 Å². The van der Waals surface area contributed by atoms with Gasteiger partial charge in [0.25, 0.3) is 0 Å². The summed E-state index contributed by atoms with van der Waals surface area (Å²) in [5.41, 5.74) is 0. The van der Waals surface area contributed by atoms with Crippen LogP contribution in [0.2, 0.25) is 0 Å². The Morgan fingerprint density at radius 1 is 0.714 bits per heavy atom. The summed E-state index contributed by atoms with van der Waals surface area (Å²) >= 11 is 0. The maximum atomic E-state index is 13.8. The summed E-state index contributed by atoms with van der Waals surface area (Å²) in [6, 6.07) is -7.98. The van der Waals surface area contributed by atoms with E-state index in [1.165, 1.54) is 4.90 Å². The Morgan fingerprint density at radius 3 is 1.71 bits per heavy atom. The molecule has 0 aromatic heterocycles. The van der Waals surface area contributed by atoms with Gasteiger partial charge in [0.1, 0.15) is 36.3 Å². The fourth-order valence-corrected chi connectivity index (χ4v) is 5.29. The summed E-state index contributed by atoms with van der Waals surface area (Å²) in [6.45, 7) is 9.66. The topological polar surface area (TPSA) is 278 Å². The van der Waals surface area contributed by atoms with Crippen molar-refractivity contribution in [1.82, 2.24) is 31.5 Å². The molecule has 18 nitrogen and oxygen atoms in total. The molecule has 1 aliphatic rings. The van der Waals surface area contributed by atoms with Gasteiger partial charge in [-0.3, -0.25) is 38.4 Å². The minimum Gasteiger partial charge on any atom is -0.481 e. The Morgan fingerprint density at radius 2 is 1.24 bits per heavy atom. The minimum absolute atomic E-state index is 0.185. The zero-order chi connectivity index (χ0) is 37.6. The van der Waals surface area contributed by atoms with Crippen molar-refractivity contribution in [2.24, 2.45) is 11.8 Å². The van der Waals surface area contributed by atoms with Crippen LogP contribution < -0.4 is 26.6 Å². The maximum Gasteiger partial charge on any atom is 0.326 e. The molecule has 1 rings (SSSR count). The first-order chi connectivity index (χ1) is 22.8. The maximum absolute atomic E-state index is 13.8. The van der Waals surface area contributed by atoms with Gasteiger partial charge in [-0.15, -0.1) is 0 Å². The quantitative estimate of drug-likeness (QED) is 0.0757.